The molecule has 0 radical (unpaired) electrons. The fourth-order valence-electron chi connectivity index (χ4n) is 2.67. The molecular formula is C16H17FN2O3S2. The SMILES string of the molecule is CC1CCc2sc(C(=O)NNS(=O)(=O)c3ccc(F)cc3)cc2C1. The molecule has 1 heterocycles. The number of halogens is 1. The minimum Gasteiger partial charge on any atom is -0.273 e. The van der Waals surface area contributed by atoms with Crippen molar-refractivity contribution in [3.8, 4) is 0 Å². The highest BCUT2D eigenvalue weighted by Crippen LogP contribution is 2.32. The molecule has 2 aromatic rings. The zero-order valence-electron chi connectivity index (χ0n) is 13.0. The number of hydrogen-bond donors (Lipinski definition) is 2. The number of fused-ring (bicyclic) bond motifs is 1. The van der Waals surface area contributed by atoms with Crippen molar-refractivity contribution in [1.29, 1.82) is 0 Å². The van der Waals surface area contributed by atoms with Gasteiger partial charge in [0.25, 0.3) is 15.9 Å². The Labute approximate surface area is 143 Å². The second-order valence-corrected chi connectivity index (χ2v) is 8.74. The smallest absolute Gasteiger partial charge is 0.273 e. The fourth-order valence-corrected chi connectivity index (χ4v) is 4.61. The molecule has 1 atom stereocenters. The number of aryl methyl sites for hydroxylation is 1. The number of amides is 1. The first-order valence-electron chi connectivity index (χ1n) is 7.54. The van der Waals surface area contributed by atoms with Gasteiger partial charge in [-0.15, -0.1) is 16.2 Å². The lowest BCUT2D eigenvalue weighted by molar-refractivity contribution is 0.0949. The monoisotopic (exact) mass is 368 g/mol. The lowest BCUT2D eigenvalue weighted by Crippen LogP contribution is -2.41. The van der Waals surface area contributed by atoms with E-state index in [0.717, 1.165) is 43.5 Å². The normalized spacial score (nSPS) is 17.3. The summed E-state index contributed by atoms with van der Waals surface area (Å²) in [7, 11) is -3.93. The van der Waals surface area contributed by atoms with E-state index in [1.54, 1.807) is 0 Å². The van der Waals surface area contributed by atoms with Crippen LogP contribution in [-0.2, 0) is 22.9 Å². The van der Waals surface area contributed by atoms with Gasteiger partial charge in [-0.25, -0.2) is 12.8 Å². The summed E-state index contributed by atoms with van der Waals surface area (Å²) in [4.78, 5) is 15.8. The molecule has 0 spiro atoms. The fraction of sp³-hybridized carbons (Fsp3) is 0.312. The quantitative estimate of drug-likeness (QED) is 0.815. The summed E-state index contributed by atoms with van der Waals surface area (Å²) < 4.78 is 37.0. The minimum absolute atomic E-state index is 0.122. The van der Waals surface area contributed by atoms with E-state index in [1.807, 2.05) is 10.9 Å². The Hall–Kier alpha value is -1.77. The predicted octanol–water partition coefficient (Wildman–Crippen LogP) is 2.64. The van der Waals surface area contributed by atoms with Gasteiger partial charge in [0.15, 0.2) is 0 Å². The largest absolute Gasteiger partial charge is 0.276 e. The number of sulfonamides is 1. The van der Waals surface area contributed by atoms with Gasteiger partial charge in [0.1, 0.15) is 5.82 Å². The Morgan fingerprint density at radius 1 is 1.29 bits per heavy atom. The summed E-state index contributed by atoms with van der Waals surface area (Å²) in [5.41, 5.74) is 3.38. The third-order valence-corrected chi connectivity index (χ3v) is 6.48. The van der Waals surface area contributed by atoms with Gasteiger partial charge >= 0.3 is 0 Å². The van der Waals surface area contributed by atoms with Crippen LogP contribution < -0.4 is 10.3 Å². The Balaban J connectivity index is 1.68. The van der Waals surface area contributed by atoms with Gasteiger partial charge in [-0.2, -0.15) is 0 Å². The first-order valence-corrected chi connectivity index (χ1v) is 9.84. The van der Waals surface area contributed by atoms with Gasteiger partial charge in [0.05, 0.1) is 9.77 Å². The van der Waals surface area contributed by atoms with Crippen molar-refractivity contribution in [1.82, 2.24) is 10.3 Å². The first kappa shape index (κ1) is 17.1. The van der Waals surface area contributed by atoms with Gasteiger partial charge in [-0.3, -0.25) is 10.2 Å². The number of benzene rings is 1. The number of hydrogen-bond acceptors (Lipinski definition) is 4. The molecule has 1 aromatic carbocycles. The lowest BCUT2D eigenvalue weighted by Gasteiger charge is -2.16. The summed E-state index contributed by atoms with van der Waals surface area (Å²) >= 11 is 1.40. The molecule has 3 rings (SSSR count). The Kier molecular flexibility index (Phi) is 4.71. The summed E-state index contributed by atoms with van der Waals surface area (Å²) in [6, 6.07) is 6.19. The van der Waals surface area contributed by atoms with Crippen LogP contribution in [0.4, 0.5) is 4.39 Å². The molecule has 1 unspecified atom stereocenters. The topological polar surface area (TPSA) is 75.3 Å². The maximum Gasteiger partial charge on any atom is 0.276 e. The number of thiophene rings is 1. The van der Waals surface area contributed by atoms with E-state index in [2.05, 4.69) is 12.3 Å². The van der Waals surface area contributed by atoms with Crippen LogP contribution in [0.2, 0.25) is 0 Å². The highest BCUT2D eigenvalue weighted by atomic mass is 32.2. The van der Waals surface area contributed by atoms with Crippen LogP contribution in [0, 0.1) is 11.7 Å². The molecule has 128 valence electrons. The van der Waals surface area contributed by atoms with Gasteiger partial charge in [-0.1, -0.05) is 6.92 Å². The van der Waals surface area contributed by atoms with Crippen molar-refractivity contribution in [3.05, 3.63) is 51.5 Å². The standard InChI is InChI=1S/C16H17FN2O3S2/c1-10-2-7-14-11(8-10)9-15(23-14)16(20)18-19-24(21,22)13-5-3-12(17)4-6-13/h3-6,9-10,19H,2,7-8H2,1H3,(H,18,20). The molecule has 0 saturated carbocycles. The van der Waals surface area contributed by atoms with Crippen LogP contribution in [0.15, 0.2) is 35.2 Å². The van der Waals surface area contributed by atoms with Crippen LogP contribution in [0.25, 0.3) is 0 Å². The van der Waals surface area contributed by atoms with E-state index in [4.69, 9.17) is 0 Å². The first-order chi connectivity index (χ1) is 11.3. The van der Waals surface area contributed by atoms with E-state index in [0.29, 0.717) is 10.8 Å². The van der Waals surface area contributed by atoms with E-state index in [9.17, 15) is 17.6 Å². The molecule has 8 heteroatoms. The summed E-state index contributed by atoms with van der Waals surface area (Å²) in [5.74, 6) is -0.427. The van der Waals surface area contributed by atoms with Crippen molar-refractivity contribution >= 4 is 27.3 Å². The Morgan fingerprint density at radius 2 is 2.00 bits per heavy atom. The predicted molar refractivity (Wildman–Crippen MR) is 89.7 cm³/mol. The molecule has 2 N–H and O–H groups in total. The second-order valence-electron chi connectivity index (χ2n) is 5.92. The minimum atomic E-state index is -3.93. The molecule has 1 aromatic heterocycles. The molecule has 24 heavy (non-hydrogen) atoms. The van der Waals surface area contributed by atoms with E-state index in [1.165, 1.54) is 21.8 Å². The van der Waals surface area contributed by atoms with Crippen LogP contribution in [-0.4, -0.2) is 14.3 Å². The highest BCUT2D eigenvalue weighted by molar-refractivity contribution is 7.89. The molecular weight excluding hydrogens is 351 g/mol. The lowest BCUT2D eigenvalue weighted by atomic mass is 9.90. The average Bonchev–Trinajstić information content (AvgIpc) is 2.96. The zero-order chi connectivity index (χ0) is 17.3. The number of carbonyl (C=O) groups excluding carboxylic acids is 1. The van der Waals surface area contributed by atoms with Crippen molar-refractivity contribution in [2.75, 3.05) is 0 Å². The van der Waals surface area contributed by atoms with Crippen molar-refractivity contribution in [2.24, 2.45) is 5.92 Å². The average molecular weight is 368 g/mol. The van der Waals surface area contributed by atoms with Crippen LogP contribution in [0.3, 0.4) is 0 Å². The maximum atomic E-state index is 12.9. The van der Waals surface area contributed by atoms with Crippen molar-refractivity contribution < 1.29 is 17.6 Å². The van der Waals surface area contributed by atoms with Crippen LogP contribution >= 0.6 is 11.3 Å². The van der Waals surface area contributed by atoms with E-state index < -0.39 is 21.7 Å². The second kappa shape index (κ2) is 6.62. The van der Waals surface area contributed by atoms with E-state index >= 15 is 0 Å². The molecule has 0 bridgehead atoms. The van der Waals surface area contributed by atoms with Gasteiger partial charge in [0.2, 0.25) is 0 Å². The van der Waals surface area contributed by atoms with Crippen molar-refractivity contribution in [2.45, 2.75) is 31.1 Å². The van der Waals surface area contributed by atoms with Gasteiger partial charge in [-0.05, 0) is 61.1 Å². The zero-order valence-corrected chi connectivity index (χ0v) is 14.6. The van der Waals surface area contributed by atoms with Gasteiger partial charge < -0.3 is 0 Å². The number of rotatable bonds is 4. The third kappa shape index (κ3) is 3.66. The molecule has 1 amide bonds. The number of hydrazine groups is 1. The molecule has 0 aliphatic heterocycles. The van der Waals surface area contributed by atoms with Crippen LogP contribution in [0.1, 0.15) is 33.5 Å². The number of nitrogens with one attached hydrogen (secondary N) is 2. The Morgan fingerprint density at radius 3 is 2.71 bits per heavy atom. The molecule has 0 saturated heterocycles. The summed E-state index contributed by atoms with van der Waals surface area (Å²) in [6.07, 6.45) is 3.00. The van der Waals surface area contributed by atoms with Gasteiger partial charge in [0, 0.05) is 4.88 Å². The highest BCUT2D eigenvalue weighted by Gasteiger charge is 2.22. The molecule has 5 nitrogen and oxygen atoms in total. The Bertz CT molecular complexity index is 860. The molecule has 0 fully saturated rings. The summed E-state index contributed by atoms with van der Waals surface area (Å²) in [5, 5.41) is 0. The number of carbonyl (C=O) groups is 1. The van der Waals surface area contributed by atoms with Crippen molar-refractivity contribution in [3.63, 3.8) is 0 Å². The molecule has 1 aliphatic rings. The third-order valence-electron chi connectivity index (χ3n) is 3.98. The van der Waals surface area contributed by atoms with Crippen LogP contribution in [0.5, 0.6) is 0 Å². The van der Waals surface area contributed by atoms with E-state index in [-0.39, 0.29) is 4.90 Å². The molecule has 1 aliphatic carbocycles. The maximum absolute atomic E-state index is 12.9. The summed E-state index contributed by atoms with van der Waals surface area (Å²) in [6.45, 7) is 2.18.